The van der Waals surface area contributed by atoms with Crippen LogP contribution in [-0.4, -0.2) is 18.4 Å². The Morgan fingerprint density at radius 2 is 1.67 bits per heavy atom. The molecule has 0 spiro atoms. The zero-order valence-corrected chi connectivity index (χ0v) is 16.2. The van der Waals surface area contributed by atoms with Gasteiger partial charge in [0, 0.05) is 16.9 Å². The van der Waals surface area contributed by atoms with Crippen LogP contribution in [0.5, 0.6) is 0 Å². The van der Waals surface area contributed by atoms with Gasteiger partial charge in [-0.15, -0.1) is 0 Å². The zero-order chi connectivity index (χ0) is 20.8. The standard InChI is InChI=1S/C24H21N3O3/c28-23(27-21-11-10-17-5-1-2-6-18(17)13-21)16-25-20-8-3-7-19(14-20)24(29)26-15-22-9-4-12-30-22/h1-14,25H,15-16H2,(H,26,29)(H,27,28). The second kappa shape index (κ2) is 8.96. The largest absolute Gasteiger partial charge is 0.467 e. The fourth-order valence-electron chi connectivity index (χ4n) is 3.11. The highest BCUT2D eigenvalue weighted by atomic mass is 16.3. The number of hydrogen-bond acceptors (Lipinski definition) is 4. The molecule has 0 radical (unpaired) electrons. The van der Waals surface area contributed by atoms with E-state index in [1.807, 2.05) is 48.5 Å². The molecule has 3 N–H and O–H groups in total. The highest BCUT2D eigenvalue weighted by Gasteiger charge is 2.08. The number of anilines is 2. The van der Waals surface area contributed by atoms with E-state index in [0.29, 0.717) is 23.6 Å². The van der Waals surface area contributed by atoms with E-state index < -0.39 is 0 Å². The normalized spacial score (nSPS) is 10.5. The Hall–Kier alpha value is -4.06. The maximum Gasteiger partial charge on any atom is 0.251 e. The van der Waals surface area contributed by atoms with Crippen LogP contribution in [0, 0.1) is 0 Å². The van der Waals surface area contributed by atoms with Crippen LogP contribution in [0.15, 0.2) is 89.5 Å². The molecule has 0 unspecified atom stereocenters. The van der Waals surface area contributed by atoms with Gasteiger partial charge in [-0.2, -0.15) is 0 Å². The summed E-state index contributed by atoms with van der Waals surface area (Å²) >= 11 is 0. The molecule has 0 aliphatic rings. The Morgan fingerprint density at radius 3 is 2.50 bits per heavy atom. The molecule has 1 heterocycles. The first kappa shape index (κ1) is 19.3. The van der Waals surface area contributed by atoms with Gasteiger partial charge >= 0.3 is 0 Å². The van der Waals surface area contributed by atoms with Crippen LogP contribution >= 0.6 is 0 Å². The SMILES string of the molecule is O=C(CNc1cccc(C(=O)NCc2ccco2)c1)Nc1ccc2ccccc2c1. The molecule has 6 nitrogen and oxygen atoms in total. The van der Waals surface area contributed by atoms with E-state index in [0.717, 1.165) is 16.5 Å². The molecule has 0 saturated heterocycles. The average Bonchev–Trinajstić information content (AvgIpc) is 3.30. The van der Waals surface area contributed by atoms with Crippen LogP contribution in [0.25, 0.3) is 10.8 Å². The number of carbonyl (C=O) groups excluding carboxylic acids is 2. The summed E-state index contributed by atoms with van der Waals surface area (Å²) in [5.74, 6) is 0.302. The quantitative estimate of drug-likeness (QED) is 0.430. The third-order valence-corrected chi connectivity index (χ3v) is 4.61. The van der Waals surface area contributed by atoms with Crippen LogP contribution in [0.2, 0.25) is 0 Å². The lowest BCUT2D eigenvalue weighted by molar-refractivity contribution is -0.114. The Labute approximate surface area is 173 Å². The summed E-state index contributed by atoms with van der Waals surface area (Å²) in [4.78, 5) is 24.6. The maximum absolute atomic E-state index is 12.3. The minimum atomic E-state index is -0.212. The number of amides is 2. The van der Waals surface area contributed by atoms with E-state index in [1.165, 1.54) is 0 Å². The van der Waals surface area contributed by atoms with Gasteiger partial charge in [0.1, 0.15) is 5.76 Å². The van der Waals surface area contributed by atoms with Crippen molar-refractivity contribution in [1.82, 2.24) is 5.32 Å². The van der Waals surface area contributed by atoms with Crippen LogP contribution < -0.4 is 16.0 Å². The van der Waals surface area contributed by atoms with Crippen molar-refractivity contribution in [3.63, 3.8) is 0 Å². The van der Waals surface area contributed by atoms with E-state index in [1.54, 1.807) is 36.6 Å². The highest BCUT2D eigenvalue weighted by Crippen LogP contribution is 2.19. The summed E-state index contributed by atoms with van der Waals surface area (Å²) in [7, 11) is 0. The lowest BCUT2D eigenvalue weighted by Gasteiger charge is -2.10. The molecule has 0 aliphatic heterocycles. The van der Waals surface area contributed by atoms with Gasteiger partial charge in [-0.1, -0.05) is 36.4 Å². The van der Waals surface area contributed by atoms with Crippen LogP contribution in [0.4, 0.5) is 11.4 Å². The van der Waals surface area contributed by atoms with Crippen LogP contribution in [-0.2, 0) is 11.3 Å². The number of benzene rings is 3. The van der Waals surface area contributed by atoms with E-state index in [9.17, 15) is 9.59 Å². The number of rotatable bonds is 7. The zero-order valence-electron chi connectivity index (χ0n) is 16.2. The molecule has 4 rings (SSSR count). The third-order valence-electron chi connectivity index (χ3n) is 4.61. The van der Waals surface area contributed by atoms with Gasteiger partial charge in [0.25, 0.3) is 5.91 Å². The second-order valence-electron chi connectivity index (χ2n) is 6.81. The number of furan rings is 1. The van der Waals surface area contributed by atoms with E-state index in [-0.39, 0.29) is 18.4 Å². The third kappa shape index (κ3) is 4.86. The number of nitrogens with one attached hydrogen (secondary N) is 3. The molecule has 150 valence electrons. The average molecular weight is 399 g/mol. The highest BCUT2D eigenvalue weighted by molar-refractivity contribution is 5.97. The van der Waals surface area contributed by atoms with Gasteiger partial charge in [0.15, 0.2) is 0 Å². The smallest absolute Gasteiger partial charge is 0.251 e. The molecule has 0 saturated carbocycles. The predicted octanol–water partition coefficient (Wildman–Crippen LogP) is 4.41. The van der Waals surface area contributed by atoms with Gasteiger partial charge in [0.2, 0.25) is 5.91 Å². The lowest BCUT2D eigenvalue weighted by atomic mass is 10.1. The minimum absolute atomic E-state index is 0.0876. The van der Waals surface area contributed by atoms with Crippen LogP contribution in [0.1, 0.15) is 16.1 Å². The summed E-state index contributed by atoms with van der Waals surface area (Å²) < 4.78 is 5.21. The lowest BCUT2D eigenvalue weighted by Crippen LogP contribution is -2.23. The molecular formula is C24H21N3O3. The van der Waals surface area contributed by atoms with Crippen molar-refractivity contribution in [2.24, 2.45) is 0 Å². The Morgan fingerprint density at radius 1 is 0.800 bits per heavy atom. The molecule has 3 aromatic carbocycles. The fourth-order valence-corrected chi connectivity index (χ4v) is 3.11. The van der Waals surface area contributed by atoms with Gasteiger partial charge in [-0.3, -0.25) is 9.59 Å². The van der Waals surface area contributed by atoms with Gasteiger partial charge in [-0.25, -0.2) is 0 Å². The molecule has 0 atom stereocenters. The van der Waals surface area contributed by atoms with Gasteiger partial charge in [0.05, 0.1) is 19.4 Å². The summed E-state index contributed by atoms with van der Waals surface area (Å²) in [5, 5.41) is 10.9. The monoisotopic (exact) mass is 399 g/mol. The van der Waals surface area contributed by atoms with Crippen molar-refractivity contribution in [2.45, 2.75) is 6.54 Å². The van der Waals surface area contributed by atoms with E-state index >= 15 is 0 Å². The maximum atomic E-state index is 12.3. The Bertz CT molecular complexity index is 1170. The summed E-state index contributed by atoms with van der Waals surface area (Å²) in [6.45, 7) is 0.405. The summed E-state index contributed by atoms with van der Waals surface area (Å²) in [6, 6.07) is 24.4. The van der Waals surface area contributed by atoms with Gasteiger partial charge < -0.3 is 20.4 Å². The van der Waals surface area contributed by atoms with Crippen molar-refractivity contribution >= 4 is 34.0 Å². The molecule has 0 aliphatic carbocycles. The molecule has 1 aromatic heterocycles. The second-order valence-corrected chi connectivity index (χ2v) is 6.81. The Kier molecular flexibility index (Phi) is 5.75. The number of fused-ring (bicyclic) bond motifs is 1. The predicted molar refractivity (Wildman–Crippen MR) is 117 cm³/mol. The van der Waals surface area contributed by atoms with Crippen LogP contribution in [0.3, 0.4) is 0 Å². The van der Waals surface area contributed by atoms with Crippen molar-refractivity contribution in [3.8, 4) is 0 Å². The van der Waals surface area contributed by atoms with Crippen molar-refractivity contribution < 1.29 is 14.0 Å². The van der Waals surface area contributed by atoms with Crippen molar-refractivity contribution in [3.05, 3.63) is 96.4 Å². The topological polar surface area (TPSA) is 83.4 Å². The number of hydrogen-bond donors (Lipinski definition) is 3. The summed E-state index contributed by atoms with van der Waals surface area (Å²) in [6.07, 6.45) is 1.56. The van der Waals surface area contributed by atoms with Gasteiger partial charge in [-0.05, 0) is 53.2 Å². The minimum Gasteiger partial charge on any atom is -0.467 e. The van der Waals surface area contributed by atoms with Crippen molar-refractivity contribution in [2.75, 3.05) is 17.2 Å². The Balaban J connectivity index is 1.32. The first-order chi connectivity index (χ1) is 14.7. The van der Waals surface area contributed by atoms with Crippen molar-refractivity contribution in [1.29, 1.82) is 0 Å². The molecule has 0 bridgehead atoms. The first-order valence-electron chi connectivity index (χ1n) is 9.60. The molecule has 2 amide bonds. The molecule has 4 aromatic rings. The van der Waals surface area contributed by atoms with E-state index in [2.05, 4.69) is 16.0 Å². The molecule has 0 fully saturated rings. The molecule has 30 heavy (non-hydrogen) atoms. The fraction of sp³-hybridized carbons (Fsp3) is 0.0833. The van der Waals surface area contributed by atoms with E-state index in [4.69, 9.17) is 4.42 Å². The molecule has 6 heteroatoms. The number of carbonyl (C=O) groups is 2. The molecular weight excluding hydrogens is 378 g/mol. The summed E-state index contributed by atoms with van der Waals surface area (Å²) in [5.41, 5.74) is 1.93. The first-order valence-corrected chi connectivity index (χ1v) is 9.60.